The van der Waals surface area contributed by atoms with E-state index >= 15 is 0 Å². The standard InChI is InChI=1S/C22H24ClN5O2S/c1-14(2)19(25-21(30)15-7-5-4-6-8-15)20-26-27-22(28(20)3)31-13-18(29)24-17-11-9-16(23)10-12-17/h4-12,14,19H,13H2,1-3H3,(H,24,29)(H,25,30). The lowest BCUT2D eigenvalue weighted by Crippen LogP contribution is -2.33. The third-order valence-electron chi connectivity index (χ3n) is 4.60. The van der Waals surface area contributed by atoms with E-state index in [0.717, 1.165) is 0 Å². The fraction of sp³-hybridized carbons (Fsp3) is 0.273. The first-order valence-electron chi connectivity index (χ1n) is 9.78. The first-order valence-corrected chi connectivity index (χ1v) is 11.1. The van der Waals surface area contributed by atoms with Gasteiger partial charge in [0.15, 0.2) is 11.0 Å². The maximum absolute atomic E-state index is 12.6. The Morgan fingerprint density at radius 2 is 1.74 bits per heavy atom. The number of thioether (sulfide) groups is 1. The summed E-state index contributed by atoms with van der Waals surface area (Å²) in [5.74, 6) is 0.590. The normalized spacial score (nSPS) is 11.9. The van der Waals surface area contributed by atoms with Crippen LogP contribution in [0.2, 0.25) is 5.02 Å². The van der Waals surface area contributed by atoms with E-state index in [2.05, 4.69) is 20.8 Å². The molecule has 0 aliphatic heterocycles. The van der Waals surface area contributed by atoms with Crippen LogP contribution in [0.25, 0.3) is 0 Å². The molecule has 1 unspecified atom stereocenters. The van der Waals surface area contributed by atoms with E-state index in [9.17, 15) is 9.59 Å². The molecule has 7 nitrogen and oxygen atoms in total. The largest absolute Gasteiger partial charge is 0.342 e. The van der Waals surface area contributed by atoms with Crippen molar-refractivity contribution in [2.45, 2.75) is 25.0 Å². The first kappa shape index (κ1) is 22.8. The predicted octanol–water partition coefficient (Wildman–Crippen LogP) is 4.33. The Hall–Kier alpha value is -2.84. The number of amides is 2. The summed E-state index contributed by atoms with van der Waals surface area (Å²) >= 11 is 7.14. The van der Waals surface area contributed by atoms with Crippen LogP contribution in [0.4, 0.5) is 5.69 Å². The number of carbonyl (C=O) groups is 2. The number of nitrogens with zero attached hydrogens (tertiary/aromatic N) is 3. The second-order valence-corrected chi connectivity index (χ2v) is 8.68. The Morgan fingerprint density at radius 1 is 1.06 bits per heavy atom. The molecule has 0 aliphatic rings. The van der Waals surface area contributed by atoms with Crippen LogP contribution < -0.4 is 10.6 Å². The summed E-state index contributed by atoms with van der Waals surface area (Å²) in [4.78, 5) is 24.9. The van der Waals surface area contributed by atoms with E-state index in [4.69, 9.17) is 11.6 Å². The Kier molecular flexibility index (Phi) is 7.70. The fourth-order valence-electron chi connectivity index (χ4n) is 2.93. The van der Waals surface area contributed by atoms with Crippen LogP contribution in [-0.2, 0) is 11.8 Å². The Labute approximate surface area is 190 Å². The second-order valence-electron chi connectivity index (χ2n) is 7.30. The van der Waals surface area contributed by atoms with Crippen molar-refractivity contribution in [3.63, 3.8) is 0 Å². The molecule has 9 heteroatoms. The van der Waals surface area contributed by atoms with Crippen molar-refractivity contribution in [2.75, 3.05) is 11.1 Å². The Balaban J connectivity index is 1.64. The van der Waals surface area contributed by atoms with Crippen molar-refractivity contribution in [1.29, 1.82) is 0 Å². The molecule has 162 valence electrons. The van der Waals surface area contributed by atoms with Gasteiger partial charge in [-0.25, -0.2) is 0 Å². The predicted molar refractivity (Wildman–Crippen MR) is 123 cm³/mol. The molecule has 0 spiro atoms. The Bertz CT molecular complexity index is 1040. The van der Waals surface area contributed by atoms with Gasteiger partial charge in [-0.1, -0.05) is 55.4 Å². The Morgan fingerprint density at radius 3 is 2.39 bits per heavy atom. The SMILES string of the molecule is CC(C)C(NC(=O)c1ccccc1)c1nnc(SCC(=O)Nc2ccc(Cl)cc2)n1C. The van der Waals surface area contributed by atoms with E-state index in [1.807, 2.05) is 43.7 Å². The molecule has 31 heavy (non-hydrogen) atoms. The number of anilines is 1. The zero-order valence-electron chi connectivity index (χ0n) is 17.5. The summed E-state index contributed by atoms with van der Waals surface area (Å²) in [5, 5.41) is 15.6. The maximum Gasteiger partial charge on any atom is 0.251 e. The third-order valence-corrected chi connectivity index (χ3v) is 5.87. The van der Waals surface area contributed by atoms with Crippen LogP contribution in [0.1, 0.15) is 36.1 Å². The van der Waals surface area contributed by atoms with Gasteiger partial charge >= 0.3 is 0 Å². The molecular weight excluding hydrogens is 434 g/mol. The van der Waals surface area contributed by atoms with Crippen LogP contribution in [0.5, 0.6) is 0 Å². The molecular formula is C22H24ClN5O2S. The molecule has 1 aromatic heterocycles. The second kappa shape index (κ2) is 10.5. The minimum Gasteiger partial charge on any atom is -0.342 e. The van der Waals surface area contributed by atoms with Crippen molar-refractivity contribution in [3.05, 3.63) is 71.0 Å². The molecule has 3 rings (SSSR count). The smallest absolute Gasteiger partial charge is 0.251 e. The molecule has 1 atom stereocenters. The monoisotopic (exact) mass is 457 g/mol. The van der Waals surface area contributed by atoms with Crippen molar-refractivity contribution >= 4 is 40.9 Å². The lowest BCUT2D eigenvalue weighted by molar-refractivity contribution is -0.113. The summed E-state index contributed by atoms with van der Waals surface area (Å²) in [6, 6.07) is 15.7. The minimum atomic E-state index is -0.317. The van der Waals surface area contributed by atoms with E-state index in [0.29, 0.717) is 27.3 Å². The van der Waals surface area contributed by atoms with E-state index < -0.39 is 0 Å². The molecule has 2 amide bonds. The van der Waals surface area contributed by atoms with Crippen molar-refractivity contribution < 1.29 is 9.59 Å². The van der Waals surface area contributed by atoms with Gasteiger partial charge in [-0.15, -0.1) is 10.2 Å². The van der Waals surface area contributed by atoms with Crippen molar-refractivity contribution in [1.82, 2.24) is 20.1 Å². The molecule has 2 aromatic carbocycles. The van der Waals surface area contributed by atoms with Gasteiger partial charge in [-0.3, -0.25) is 9.59 Å². The number of carbonyl (C=O) groups excluding carboxylic acids is 2. The molecule has 0 saturated heterocycles. The molecule has 0 radical (unpaired) electrons. The number of aromatic nitrogens is 3. The van der Waals surface area contributed by atoms with E-state index in [1.165, 1.54) is 11.8 Å². The van der Waals surface area contributed by atoms with Crippen molar-refractivity contribution in [3.8, 4) is 0 Å². The number of benzene rings is 2. The van der Waals surface area contributed by atoms with Gasteiger partial charge in [-0.05, 0) is 42.3 Å². The summed E-state index contributed by atoms with van der Waals surface area (Å²) in [5.41, 5.74) is 1.26. The summed E-state index contributed by atoms with van der Waals surface area (Å²) in [7, 11) is 1.83. The van der Waals surface area contributed by atoms with Crippen LogP contribution >= 0.6 is 23.4 Å². The van der Waals surface area contributed by atoms with Crippen molar-refractivity contribution in [2.24, 2.45) is 13.0 Å². The number of hydrogen-bond acceptors (Lipinski definition) is 5. The van der Waals surface area contributed by atoms with Gasteiger partial charge in [0.1, 0.15) is 0 Å². The first-order chi connectivity index (χ1) is 14.8. The quantitative estimate of drug-likeness (QED) is 0.491. The zero-order valence-corrected chi connectivity index (χ0v) is 19.1. The molecule has 0 bridgehead atoms. The maximum atomic E-state index is 12.6. The lowest BCUT2D eigenvalue weighted by atomic mass is 10.0. The summed E-state index contributed by atoms with van der Waals surface area (Å²) in [6.45, 7) is 4.02. The van der Waals surface area contributed by atoms with Crippen LogP contribution in [-0.4, -0.2) is 32.3 Å². The minimum absolute atomic E-state index is 0.0987. The summed E-state index contributed by atoms with van der Waals surface area (Å²) in [6.07, 6.45) is 0. The number of nitrogens with one attached hydrogen (secondary N) is 2. The van der Waals surface area contributed by atoms with E-state index in [-0.39, 0.29) is 29.5 Å². The highest BCUT2D eigenvalue weighted by Crippen LogP contribution is 2.24. The third kappa shape index (κ3) is 6.08. The number of halogens is 1. The number of hydrogen-bond donors (Lipinski definition) is 2. The fourth-order valence-corrected chi connectivity index (χ4v) is 3.77. The molecule has 0 aliphatic carbocycles. The van der Waals surface area contributed by atoms with Gasteiger partial charge in [0.25, 0.3) is 5.91 Å². The van der Waals surface area contributed by atoms with Gasteiger partial charge in [0.2, 0.25) is 5.91 Å². The van der Waals surface area contributed by atoms with E-state index in [1.54, 1.807) is 36.4 Å². The van der Waals surface area contributed by atoms with Crippen LogP contribution in [0.15, 0.2) is 59.8 Å². The summed E-state index contributed by atoms with van der Waals surface area (Å²) < 4.78 is 1.82. The zero-order chi connectivity index (χ0) is 22.4. The molecule has 3 aromatic rings. The topological polar surface area (TPSA) is 88.9 Å². The molecule has 1 heterocycles. The average Bonchev–Trinajstić information content (AvgIpc) is 3.12. The average molecular weight is 458 g/mol. The van der Waals surface area contributed by atoms with Gasteiger partial charge in [0.05, 0.1) is 11.8 Å². The highest BCUT2D eigenvalue weighted by molar-refractivity contribution is 7.99. The van der Waals surface area contributed by atoms with Gasteiger partial charge in [0, 0.05) is 23.3 Å². The van der Waals surface area contributed by atoms with Gasteiger partial charge < -0.3 is 15.2 Å². The van der Waals surface area contributed by atoms with Crippen LogP contribution in [0, 0.1) is 5.92 Å². The molecule has 0 fully saturated rings. The highest BCUT2D eigenvalue weighted by Gasteiger charge is 2.25. The molecule has 0 saturated carbocycles. The van der Waals surface area contributed by atoms with Crippen LogP contribution in [0.3, 0.4) is 0 Å². The lowest BCUT2D eigenvalue weighted by Gasteiger charge is -2.21. The number of rotatable bonds is 8. The molecule has 2 N–H and O–H groups in total. The van der Waals surface area contributed by atoms with Gasteiger partial charge in [-0.2, -0.15) is 0 Å². The highest BCUT2D eigenvalue weighted by atomic mass is 35.5.